The molecule has 0 saturated heterocycles. The van der Waals surface area contributed by atoms with E-state index in [1.165, 1.54) is 51.2 Å². The summed E-state index contributed by atoms with van der Waals surface area (Å²) >= 11 is 0. The van der Waals surface area contributed by atoms with E-state index in [4.69, 9.17) is 0 Å². The lowest BCUT2D eigenvalue weighted by Gasteiger charge is -2.38. The second kappa shape index (κ2) is 6.02. The van der Waals surface area contributed by atoms with Gasteiger partial charge in [-0.15, -0.1) is 0 Å². The van der Waals surface area contributed by atoms with E-state index in [0.717, 1.165) is 30.1 Å². The van der Waals surface area contributed by atoms with Crippen molar-refractivity contribution in [1.82, 2.24) is 0 Å². The Kier molecular flexibility index (Phi) is 4.64. The maximum Gasteiger partial charge on any atom is 0.123 e. The van der Waals surface area contributed by atoms with E-state index < -0.39 is 0 Å². The Labute approximate surface area is 106 Å². The molecule has 2 rings (SSSR count). The lowest BCUT2D eigenvalue weighted by molar-refractivity contribution is -0.112. The number of aldehydes is 1. The van der Waals surface area contributed by atoms with Crippen molar-refractivity contribution in [3.63, 3.8) is 0 Å². The molecule has 0 aromatic carbocycles. The summed E-state index contributed by atoms with van der Waals surface area (Å²) in [7, 11) is 0. The highest BCUT2D eigenvalue weighted by molar-refractivity contribution is 5.53. The molecule has 17 heavy (non-hydrogen) atoms. The second-order valence-electron chi connectivity index (χ2n) is 6.71. The van der Waals surface area contributed by atoms with Crippen molar-refractivity contribution in [2.75, 3.05) is 0 Å². The first-order chi connectivity index (χ1) is 8.20. The Morgan fingerprint density at radius 2 is 1.65 bits per heavy atom. The third-order valence-corrected chi connectivity index (χ3v) is 5.40. The van der Waals surface area contributed by atoms with Gasteiger partial charge in [-0.2, -0.15) is 0 Å². The first-order valence-electron chi connectivity index (χ1n) is 7.66. The van der Waals surface area contributed by atoms with Gasteiger partial charge in [0.15, 0.2) is 0 Å². The second-order valence-corrected chi connectivity index (χ2v) is 6.71. The Hall–Kier alpha value is -0.330. The third-order valence-electron chi connectivity index (χ3n) is 5.40. The average molecular weight is 236 g/mol. The van der Waals surface area contributed by atoms with Crippen LogP contribution in [0.5, 0.6) is 0 Å². The van der Waals surface area contributed by atoms with Crippen molar-refractivity contribution < 1.29 is 4.79 Å². The van der Waals surface area contributed by atoms with Crippen LogP contribution in [0.4, 0.5) is 0 Å². The number of hydrogen-bond donors (Lipinski definition) is 0. The summed E-state index contributed by atoms with van der Waals surface area (Å²) in [6.07, 6.45) is 11.9. The molecule has 0 spiro atoms. The molecule has 0 heterocycles. The number of hydrogen-bond acceptors (Lipinski definition) is 1. The van der Waals surface area contributed by atoms with Gasteiger partial charge in [-0.3, -0.25) is 0 Å². The Balaban J connectivity index is 1.88. The fraction of sp³-hybridized carbons (Fsp3) is 0.938. The molecule has 98 valence electrons. The summed E-state index contributed by atoms with van der Waals surface area (Å²) in [4.78, 5) is 10.9. The molecule has 2 fully saturated rings. The van der Waals surface area contributed by atoms with Crippen LogP contribution in [0.2, 0.25) is 0 Å². The maximum absolute atomic E-state index is 10.9. The Morgan fingerprint density at radius 1 is 1.00 bits per heavy atom. The van der Waals surface area contributed by atoms with Crippen molar-refractivity contribution in [3.05, 3.63) is 0 Å². The van der Waals surface area contributed by atoms with Crippen LogP contribution in [0, 0.1) is 29.6 Å². The van der Waals surface area contributed by atoms with E-state index in [0.29, 0.717) is 5.92 Å². The molecule has 0 N–H and O–H groups in total. The monoisotopic (exact) mass is 236 g/mol. The van der Waals surface area contributed by atoms with Crippen molar-refractivity contribution in [1.29, 1.82) is 0 Å². The maximum atomic E-state index is 10.9. The molecule has 0 bridgehead atoms. The van der Waals surface area contributed by atoms with Crippen LogP contribution in [-0.2, 0) is 4.79 Å². The molecule has 1 nitrogen and oxygen atoms in total. The van der Waals surface area contributed by atoms with Crippen LogP contribution in [-0.4, -0.2) is 6.29 Å². The van der Waals surface area contributed by atoms with E-state index in [9.17, 15) is 4.79 Å². The van der Waals surface area contributed by atoms with Gasteiger partial charge in [-0.25, -0.2) is 0 Å². The average Bonchev–Trinajstić information content (AvgIpc) is 2.34. The predicted octanol–water partition coefficient (Wildman–Crippen LogP) is 4.45. The van der Waals surface area contributed by atoms with Gasteiger partial charge in [-0.1, -0.05) is 46.0 Å². The topological polar surface area (TPSA) is 17.1 Å². The molecule has 2 aliphatic rings. The molecular weight excluding hydrogens is 208 g/mol. The molecule has 0 radical (unpaired) electrons. The summed E-state index contributed by atoms with van der Waals surface area (Å²) in [5, 5.41) is 0. The van der Waals surface area contributed by atoms with Gasteiger partial charge in [0, 0.05) is 5.92 Å². The van der Waals surface area contributed by atoms with E-state index in [2.05, 4.69) is 13.8 Å². The minimum atomic E-state index is 0.378. The largest absolute Gasteiger partial charge is 0.303 e. The quantitative estimate of drug-likeness (QED) is 0.661. The van der Waals surface area contributed by atoms with Crippen LogP contribution in [0.3, 0.4) is 0 Å². The molecule has 0 amide bonds. The fourth-order valence-electron chi connectivity index (χ4n) is 4.27. The molecule has 0 aromatic rings. The summed E-state index contributed by atoms with van der Waals surface area (Å²) in [5.41, 5.74) is 0. The number of carbonyl (C=O) groups excluding carboxylic acids is 1. The normalized spacial score (nSPS) is 43.3. The Bertz CT molecular complexity index is 238. The zero-order valence-corrected chi connectivity index (χ0v) is 11.5. The van der Waals surface area contributed by atoms with Crippen molar-refractivity contribution >= 4 is 6.29 Å². The van der Waals surface area contributed by atoms with Gasteiger partial charge in [0.2, 0.25) is 0 Å². The van der Waals surface area contributed by atoms with Crippen molar-refractivity contribution in [2.45, 2.75) is 65.2 Å². The molecule has 1 heteroatoms. The van der Waals surface area contributed by atoms with Crippen LogP contribution >= 0.6 is 0 Å². The van der Waals surface area contributed by atoms with Gasteiger partial charge >= 0.3 is 0 Å². The smallest absolute Gasteiger partial charge is 0.123 e. The molecular formula is C16H28O. The number of rotatable bonds is 3. The highest BCUT2D eigenvalue weighted by Crippen LogP contribution is 2.41. The highest BCUT2D eigenvalue weighted by Gasteiger charge is 2.31. The SMILES string of the molecule is CC1CCCC(C)C1CC1CCCC(C=O)C1. The van der Waals surface area contributed by atoms with Gasteiger partial charge in [0.25, 0.3) is 0 Å². The third kappa shape index (κ3) is 3.33. The van der Waals surface area contributed by atoms with Crippen LogP contribution in [0.25, 0.3) is 0 Å². The van der Waals surface area contributed by atoms with Crippen molar-refractivity contribution in [2.24, 2.45) is 29.6 Å². The lowest BCUT2D eigenvalue weighted by Crippen LogP contribution is -2.28. The molecule has 4 unspecified atom stereocenters. The lowest BCUT2D eigenvalue weighted by atomic mass is 9.67. The fourth-order valence-corrected chi connectivity index (χ4v) is 4.27. The molecule has 2 aliphatic carbocycles. The Morgan fingerprint density at radius 3 is 2.29 bits per heavy atom. The molecule has 2 saturated carbocycles. The van der Waals surface area contributed by atoms with Crippen LogP contribution in [0.1, 0.15) is 65.2 Å². The van der Waals surface area contributed by atoms with Crippen LogP contribution < -0.4 is 0 Å². The molecule has 0 aromatic heterocycles. The molecule has 4 atom stereocenters. The first-order valence-corrected chi connectivity index (χ1v) is 7.66. The summed E-state index contributed by atoms with van der Waals surface area (Å²) in [6, 6.07) is 0. The zero-order valence-electron chi connectivity index (χ0n) is 11.5. The standard InChI is InChI=1S/C16H28O/c1-12-5-3-6-13(2)16(12)10-14-7-4-8-15(9-14)11-17/h11-16H,3-10H2,1-2H3. The predicted molar refractivity (Wildman–Crippen MR) is 71.8 cm³/mol. The number of carbonyl (C=O) groups is 1. The van der Waals surface area contributed by atoms with Crippen LogP contribution in [0.15, 0.2) is 0 Å². The zero-order chi connectivity index (χ0) is 12.3. The van der Waals surface area contributed by atoms with Gasteiger partial charge < -0.3 is 4.79 Å². The van der Waals surface area contributed by atoms with E-state index in [-0.39, 0.29) is 0 Å². The summed E-state index contributed by atoms with van der Waals surface area (Å²) in [5.74, 6) is 3.97. The van der Waals surface area contributed by atoms with Gasteiger partial charge in [-0.05, 0) is 42.9 Å². The van der Waals surface area contributed by atoms with E-state index >= 15 is 0 Å². The summed E-state index contributed by atoms with van der Waals surface area (Å²) in [6.45, 7) is 4.89. The van der Waals surface area contributed by atoms with Gasteiger partial charge in [0.05, 0.1) is 0 Å². The first kappa shape index (κ1) is 13.1. The van der Waals surface area contributed by atoms with E-state index in [1.54, 1.807) is 0 Å². The van der Waals surface area contributed by atoms with Gasteiger partial charge in [0.1, 0.15) is 6.29 Å². The minimum Gasteiger partial charge on any atom is -0.303 e. The molecule has 0 aliphatic heterocycles. The van der Waals surface area contributed by atoms with Crippen molar-refractivity contribution in [3.8, 4) is 0 Å². The minimum absolute atomic E-state index is 0.378. The highest BCUT2D eigenvalue weighted by atomic mass is 16.1. The summed E-state index contributed by atoms with van der Waals surface area (Å²) < 4.78 is 0. The van der Waals surface area contributed by atoms with E-state index in [1.807, 2.05) is 0 Å².